The number of hydrogen-bond acceptors (Lipinski definition) is 3. The molecule has 0 saturated heterocycles. The number of benzene rings is 1. The third-order valence-corrected chi connectivity index (χ3v) is 2.58. The van der Waals surface area contributed by atoms with Crippen LogP contribution in [0.1, 0.15) is 29.9 Å². The summed E-state index contributed by atoms with van der Waals surface area (Å²) in [5.74, 6) is 0.542. The van der Waals surface area contributed by atoms with Gasteiger partial charge in [-0.15, -0.1) is 0 Å². The molecule has 4 nitrogen and oxygen atoms in total. The SMILES string of the molecule is CC(C)Cc1[nH]nc2cc(N)c(C=O)cc12. The maximum Gasteiger partial charge on any atom is 0.152 e. The van der Waals surface area contributed by atoms with Crippen molar-refractivity contribution in [1.82, 2.24) is 10.2 Å². The van der Waals surface area contributed by atoms with E-state index in [1.807, 2.05) is 0 Å². The Bertz CT molecular complexity index is 528. The van der Waals surface area contributed by atoms with E-state index < -0.39 is 0 Å². The van der Waals surface area contributed by atoms with Crippen LogP contribution >= 0.6 is 0 Å². The van der Waals surface area contributed by atoms with Crippen molar-refractivity contribution >= 4 is 22.9 Å². The van der Waals surface area contributed by atoms with Crippen LogP contribution in [0.5, 0.6) is 0 Å². The average molecular weight is 217 g/mol. The fourth-order valence-corrected chi connectivity index (χ4v) is 1.81. The van der Waals surface area contributed by atoms with Crippen molar-refractivity contribution in [1.29, 1.82) is 0 Å². The number of aromatic nitrogens is 2. The summed E-state index contributed by atoms with van der Waals surface area (Å²) in [5, 5.41) is 8.18. The maximum atomic E-state index is 10.8. The van der Waals surface area contributed by atoms with Crippen molar-refractivity contribution < 1.29 is 4.79 Å². The van der Waals surface area contributed by atoms with Crippen LogP contribution in [-0.2, 0) is 6.42 Å². The normalized spacial score (nSPS) is 11.2. The summed E-state index contributed by atoms with van der Waals surface area (Å²) in [6.45, 7) is 4.29. The number of nitrogens with zero attached hydrogens (tertiary/aromatic N) is 1. The van der Waals surface area contributed by atoms with E-state index in [4.69, 9.17) is 5.73 Å². The Labute approximate surface area is 93.8 Å². The fraction of sp³-hybridized carbons (Fsp3) is 0.333. The van der Waals surface area contributed by atoms with Gasteiger partial charge in [-0.3, -0.25) is 9.89 Å². The molecule has 3 N–H and O–H groups in total. The molecule has 0 aliphatic heterocycles. The van der Waals surface area contributed by atoms with Crippen LogP contribution in [0, 0.1) is 5.92 Å². The predicted octanol–water partition coefficient (Wildman–Crippen LogP) is 2.16. The number of aromatic amines is 1. The summed E-state index contributed by atoms with van der Waals surface area (Å²) in [4.78, 5) is 10.8. The van der Waals surface area contributed by atoms with Gasteiger partial charge in [0.05, 0.1) is 5.52 Å². The number of H-pyrrole nitrogens is 1. The number of fused-ring (bicyclic) bond motifs is 1. The zero-order valence-electron chi connectivity index (χ0n) is 9.45. The average Bonchev–Trinajstić information content (AvgIpc) is 2.59. The van der Waals surface area contributed by atoms with Crippen LogP contribution in [0.15, 0.2) is 12.1 Å². The zero-order valence-corrected chi connectivity index (χ0v) is 9.45. The van der Waals surface area contributed by atoms with Gasteiger partial charge in [0.25, 0.3) is 0 Å². The van der Waals surface area contributed by atoms with Gasteiger partial charge in [0, 0.05) is 22.3 Å². The van der Waals surface area contributed by atoms with Crippen LogP contribution < -0.4 is 5.73 Å². The molecular formula is C12H15N3O. The first-order chi connectivity index (χ1) is 7.61. The number of aldehydes is 1. The maximum absolute atomic E-state index is 10.8. The number of anilines is 1. The molecule has 1 aromatic heterocycles. The number of hydrogen-bond donors (Lipinski definition) is 2. The molecular weight excluding hydrogens is 202 g/mol. The lowest BCUT2D eigenvalue weighted by Gasteiger charge is -2.03. The van der Waals surface area contributed by atoms with Gasteiger partial charge >= 0.3 is 0 Å². The highest BCUT2D eigenvalue weighted by atomic mass is 16.1. The number of nitrogens with two attached hydrogens (primary N) is 1. The molecule has 0 amide bonds. The Balaban J connectivity index is 2.57. The lowest BCUT2D eigenvalue weighted by Crippen LogP contribution is -1.96. The molecule has 2 rings (SSSR count). The lowest BCUT2D eigenvalue weighted by atomic mass is 10.0. The molecule has 0 spiro atoms. The van der Waals surface area contributed by atoms with E-state index in [2.05, 4.69) is 24.0 Å². The minimum absolute atomic E-state index is 0.477. The van der Waals surface area contributed by atoms with E-state index >= 15 is 0 Å². The largest absolute Gasteiger partial charge is 0.398 e. The third kappa shape index (κ3) is 1.78. The minimum atomic E-state index is 0.477. The first-order valence-electron chi connectivity index (χ1n) is 5.33. The molecule has 2 aromatic rings. The van der Waals surface area contributed by atoms with Crippen LogP contribution in [0.4, 0.5) is 5.69 Å². The monoisotopic (exact) mass is 217 g/mol. The van der Waals surface area contributed by atoms with Crippen LogP contribution in [0.2, 0.25) is 0 Å². The molecule has 0 aliphatic rings. The second kappa shape index (κ2) is 3.96. The summed E-state index contributed by atoms with van der Waals surface area (Å²) in [5.41, 5.74) is 8.61. The topological polar surface area (TPSA) is 71.8 Å². The van der Waals surface area contributed by atoms with Gasteiger partial charge < -0.3 is 5.73 Å². The first-order valence-corrected chi connectivity index (χ1v) is 5.33. The summed E-state index contributed by atoms with van der Waals surface area (Å²) < 4.78 is 0. The van der Waals surface area contributed by atoms with Crippen LogP contribution in [0.3, 0.4) is 0 Å². The van der Waals surface area contributed by atoms with Crippen molar-refractivity contribution in [2.45, 2.75) is 20.3 Å². The number of rotatable bonds is 3. The van der Waals surface area contributed by atoms with Gasteiger partial charge in [-0.25, -0.2) is 0 Å². The molecule has 0 atom stereocenters. The molecule has 0 fully saturated rings. The molecule has 0 saturated carbocycles. The second-order valence-corrected chi connectivity index (χ2v) is 4.42. The van der Waals surface area contributed by atoms with Gasteiger partial charge in [0.15, 0.2) is 6.29 Å². The Morgan fingerprint density at radius 2 is 2.25 bits per heavy atom. The molecule has 1 heterocycles. The van der Waals surface area contributed by atoms with Crippen LogP contribution in [0.25, 0.3) is 10.9 Å². The molecule has 0 unspecified atom stereocenters. The number of carbonyl (C=O) groups is 1. The fourth-order valence-electron chi connectivity index (χ4n) is 1.81. The van der Waals surface area contributed by atoms with Crippen molar-refractivity contribution in [2.24, 2.45) is 5.92 Å². The highest BCUT2D eigenvalue weighted by molar-refractivity contribution is 5.94. The molecule has 1 aromatic carbocycles. The molecule has 84 valence electrons. The van der Waals surface area contributed by atoms with Gasteiger partial charge in [-0.2, -0.15) is 5.10 Å². The van der Waals surface area contributed by atoms with Crippen molar-refractivity contribution in [3.05, 3.63) is 23.4 Å². The molecule has 16 heavy (non-hydrogen) atoms. The number of nitrogens with one attached hydrogen (secondary N) is 1. The first kappa shape index (κ1) is 10.7. The molecule has 0 radical (unpaired) electrons. The van der Waals surface area contributed by atoms with E-state index in [0.29, 0.717) is 17.2 Å². The van der Waals surface area contributed by atoms with Gasteiger partial charge in [0.2, 0.25) is 0 Å². The van der Waals surface area contributed by atoms with E-state index in [9.17, 15) is 4.79 Å². The van der Waals surface area contributed by atoms with Gasteiger partial charge in [-0.05, 0) is 24.5 Å². The van der Waals surface area contributed by atoms with Crippen molar-refractivity contribution in [3.63, 3.8) is 0 Å². The quantitative estimate of drug-likeness (QED) is 0.611. The van der Waals surface area contributed by atoms with Gasteiger partial charge in [0.1, 0.15) is 0 Å². The third-order valence-electron chi connectivity index (χ3n) is 2.58. The standard InChI is InChI=1S/C12H15N3O/c1-7(2)3-11-9-4-8(6-16)10(13)5-12(9)15-14-11/h4-7H,3,13H2,1-2H3,(H,14,15). The number of nitrogen functional groups attached to an aromatic ring is 1. The Hall–Kier alpha value is -1.84. The zero-order chi connectivity index (χ0) is 11.7. The van der Waals surface area contributed by atoms with Crippen molar-refractivity contribution in [2.75, 3.05) is 5.73 Å². The Kier molecular flexibility index (Phi) is 2.64. The molecule has 4 heteroatoms. The Morgan fingerprint density at radius 3 is 2.88 bits per heavy atom. The van der Waals surface area contributed by atoms with Gasteiger partial charge in [-0.1, -0.05) is 13.8 Å². The smallest absolute Gasteiger partial charge is 0.152 e. The molecule has 0 bridgehead atoms. The summed E-state index contributed by atoms with van der Waals surface area (Å²) in [6, 6.07) is 3.54. The van der Waals surface area contributed by atoms with Crippen molar-refractivity contribution in [3.8, 4) is 0 Å². The predicted molar refractivity (Wildman–Crippen MR) is 64.4 cm³/mol. The summed E-state index contributed by atoms with van der Waals surface area (Å²) in [6.07, 6.45) is 1.69. The van der Waals surface area contributed by atoms with E-state index in [1.165, 1.54) is 0 Å². The van der Waals surface area contributed by atoms with E-state index in [0.717, 1.165) is 29.3 Å². The van der Waals surface area contributed by atoms with E-state index in [1.54, 1.807) is 12.1 Å². The minimum Gasteiger partial charge on any atom is -0.398 e. The molecule has 0 aliphatic carbocycles. The second-order valence-electron chi connectivity index (χ2n) is 4.42. The van der Waals surface area contributed by atoms with E-state index in [-0.39, 0.29) is 0 Å². The Morgan fingerprint density at radius 1 is 1.50 bits per heavy atom. The summed E-state index contributed by atoms with van der Waals surface area (Å²) in [7, 11) is 0. The highest BCUT2D eigenvalue weighted by Gasteiger charge is 2.09. The highest BCUT2D eigenvalue weighted by Crippen LogP contribution is 2.23. The lowest BCUT2D eigenvalue weighted by molar-refractivity contribution is 0.112. The van der Waals surface area contributed by atoms with Crippen LogP contribution in [-0.4, -0.2) is 16.5 Å². The summed E-state index contributed by atoms with van der Waals surface area (Å²) >= 11 is 0. The number of carbonyl (C=O) groups excluding carboxylic acids is 1.